The van der Waals surface area contributed by atoms with Crippen LogP contribution in [0.3, 0.4) is 0 Å². The fraction of sp³-hybridized carbons (Fsp3) is 0.278. The third kappa shape index (κ3) is 5.20. The molecule has 2 aromatic rings. The molecule has 0 bridgehead atoms. The maximum Gasteiger partial charge on any atom is 0.275 e. The van der Waals surface area contributed by atoms with Gasteiger partial charge in [0.25, 0.3) is 5.91 Å². The lowest BCUT2D eigenvalue weighted by atomic mass is 10.1. The van der Waals surface area contributed by atoms with E-state index in [0.717, 1.165) is 10.5 Å². The summed E-state index contributed by atoms with van der Waals surface area (Å²) < 4.78 is 13.7. The first-order chi connectivity index (χ1) is 11.4. The quantitative estimate of drug-likeness (QED) is 0.805. The number of carbonyl (C=O) groups is 1. The maximum absolute atomic E-state index is 13.7. The summed E-state index contributed by atoms with van der Waals surface area (Å²) in [7, 11) is 1.85. The van der Waals surface area contributed by atoms with Gasteiger partial charge in [-0.25, -0.2) is 4.39 Å². The molecule has 2 atom stereocenters. The van der Waals surface area contributed by atoms with Crippen molar-refractivity contribution in [3.05, 3.63) is 69.5 Å². The van der Waals surface area contributed by atoms with Crippen LogP contribution in [0, 0.1) is 5.82 Å². The summed E-state index contributed by atoms with van der Waals surface area (Å²) >= 11 is 12.0. The minimum atomic E-state index is -0.251. The second-order valence-corrected chi connectivity index (χ2v) is 6.70. The van der Waals surface area contributed by atoms with Crippen LogP contribution in [0.4, 0.5) is 4.39 Å². The number of halogens is 3. The number of hydrogen-bond acceptors (Lipinski definition) is 1. The van der Waals surface area contributed by atoms with E-state index in [4.69, 9.17) is 23.2 Å². The van der Waals surface area contributed by atoms with Gasteiger partial charge in [-0.05, 0) is 30.7 Å². The Labute approximate surface area is 151 Å². The highest BCUT2D eigenvalue weighted by Gasteiger charge is 2.17. The molecule has 2 N–H and O–H groups in total. The van der Waals surface area contributed by atoms with E-state index >= 15 is 0 Å². The molecule has 0 fully saturated rings. The molecule has 24 heavy (non-hydrogen) atoms. The van der Waals surface area contributed by atoms with Crippen LogP contribution in [0.2, 0.25) is 10.0 Å². The van der Waals surface area contributed by atoms with Crippen molar-refractivity contribution in [2.24, 2.45) is 0 Å². The number of carbonyl (C=O) groups excluding carboxylic acids is 1. The molecule has 3 nitrogen and oxygen atoms in total. The minimum absolute atomic E-state index is 0.123. The summed E-state index contributed by atoms with van der Waals surface area (Å²) in [6, 6.07) is 11.5. The molecule has 128 valence electrons. The molecule has 0 saturated heterocycles. The Morgan fingerprint density at radius 2 is 1.96 bits per heavy atom. The number of benzene rings is 2. The van der Waals surface area contributed by atoms with Gasteiger partial charge < -0.3 is 10.2 Å². The summed E-state index contributed by atoms with van der Waals surface area (Å²) in [5.41, 5.74) is 1.40. The average Bonchev–Trinajstić information content (AvgIpc) is 2.49. The van der Waals surface area contributed by atoms with E-state index < -0.39 is 0 Å². The average molecular weight is 370 g/mol. The van der Waals surface area contributed by atoms with E-state index in [-0.39, 0.29) is 24.3 Å². The van der Waals surface area contributed by atoms with E-state index in [9.17, 15) is 9.18 Å². The van der Waals surface area contributed by atoms with Crippen molar-refractivity contribution in [2.45, 2.75) is 19.5 Å². The molecule has 2 rings (SSSR count). The van der Waals surface area contributed by atoms with Crippen molar-refractivity contribution >= 4 is 29.1 Å². The number of quaternary nitrogens is 1. The predicted octanol–water partition coefficient (Wildman–Crippen LogP) is 3.02. The molecule has 0 saturated carbocycles. The zero-order valence-corrected chi connectivity index (χ0v) is 15.1. The van der Waals surface area contributed by atoms with Crippen LogP contribution >= 0.6 is 23.2 Å². The number of rotatable bonds is 6. The fourth-order valence-corrected chi connectivity index (χ4v) is 3.10. The van der Waals surface area contributed by atoms with Crippen molar-refractivity contribution in [3.63, 3.8) is 0 Å². The first-order valence-electron chi connectivity index (χ1n) is 7.66. The lowest BCUT2D eigenvalue weighted by molar-refractivity contribution is -0.885. The Hall–Kier alpha value is -1.62. The number of nitrogens with one attached hydrogen (secondary N) is 2. The minimum Gasteiger partial charge on any atom is -0.345 e. The van der Waals surface area contributed by atoms with Crippen LogP contribution in [0.15, 0.2) is 42.5 Å². The Balaban J connectivity index is 1.91. The second kappa shape index (κ2) is 8.47. The molecule has 2 aromatic carbocycles. The first kappa shape index (κ1) is 18.7. The molecular formula is C18H20Cl2FN2O+. The predicted molar refractivity (Wildman–Crippen MR) is 94.9 cm³/mol. The summed E-state index contributed by atoms with van der Waals surface area (Å²) in [6.45, 7) is 2.54. The fourth-order valence-electron chi connectivity index (χ4n) is 2.53. The molecule has 0 aromatic heterocycles. The third-order valence-corrected chi connectivity index (χ3v) is 4.28. The van der Waals surface area contributed by atoms with Crippen LogP contribution in [0.1, 0.15) is 24.1 Å². The van der Waals surface area contributed by atoms with Crippen LogP contribution in [0.5, 0.6) is 0 Å². The van der Waals surface area contributed by atoms with E-state index in [0.29, 0.717) is 22.2 Å². The van der Waals surface area contributed by atoms with Crippen LogP contribution < -0.4 is 10.2 Å². The summed E-state index contributed by atoms with van der Waals surface area (Å²) in [6.07, 6.45) is 0. The number of hydrogen-bond donors (Lipinski definition) is 2. The summed E-state index contributed by atoms with van der Waals surface area (Å²) in [4.78, 5) is 13.1. The lowest BCUT2D eigenvalue weighted by Crippen LogP contribution is -3.09. The van der Waals surface area contributed by atoms with Gasteiger partial charge in [0.1, 0.15) is 12.4 Å². The highest BCUT2D eigenvalue weighted by molar-refractivity contribution is 6.35. The first-order valence-corrected chi connectivity index (χ1v) is 8.41. The van der Waals surface area contributed by atoms with Gasteiger partial charge in [-0.1, -0.05) is 47.5 Å². The molecule has 0 aliphatic rings. The summed E-state index contributed by atoms with van der Waals surface area (Å²) in [5, 5.41) is 3.97. The molecule has 0 radical (unpaired) electrons. The van der Waals surface area contributed by atoms with Crippen LogP contribution in [-0.2, 0) is 11.3 Å². The maximum atomic E-state index is 13.7. The third-order valence-electron chi connectivity index (χ3n) is 3.72. The van der Waals surface area contributed by atoms with E-state index in [2.05, 4.69) is 5.32 Å². The zero-order chi connectivity index (χ0) is 17.7. The molecule has 0 aliphatic heterocycles. The highest BCUT2D eigenvalue weighted by atomic mass is 35.5. The van der Waals surface area contributed by atoms with Gasteiger partial charge in [-0.15, -0.1) is 0 Å². The Morgan fingerprint density at radius 3 is 2.62 bits per heavy atom. The number of amides is 1. The molecule has 1 unspecified atom stereocenters. The van der Waals surface area contributed by atoms with E-state index in [1.165, 1.54) is 6.07 Å². The lowest BCUT2D eigenvalue weighted by Gasteiger charge is -2.18. The monoisotopic (exact) mass is 369 g/mol. The normalized spacial score (nSPS) is 13.4. The Kier molecular flexibility index (Phi) is 6.60. The molecule has 0 heterocycles. The SMILES string of the molecule is C[C@@H](NC(=O)C[NH+](C)Cc1ccccc1F)c1ccc(Cl)cc1Cl. The molecule has 1 amide bonds. The standard InChI is InChI=1S/C18H19Cl2FN2O/c1-12(15-8-7-14(19)9-16(15)20)22-18(24)11-23(2)10-13-5-3-4-6-17(13)21/h3-9,12H,10-11H2,1-2H3,(H,22,24)/p+1/t12-/m1/s1. The van der Waals surface area contributed by atoms with Crippen molar-refractivity contribution < 1.29 is 14.1 Å². The van der Waals surface area contributed by atoms with Gasteiger partial charge in [-0.3, -0.25) is 4.79 Å². The van der Waals surface area contributed by atoms with Gasteiger partial charge in [-0.2, -0.15) is 0 Å². The molecule has 6 heteroatoms. The summed E-state index contributed by atoms with van der Waals surface area (Å²) in [5.74, 6) is -0.374. The number of likely N-dealkylation sites (N-methyl/N-ethyl adjacent to an activating group) is 1. The highest BCUT2D eigenvalue weighted by Crippen LogP contribution is 2.25. The van der Waals surface area contributed by atoms with Crippen molar-refractivity contribution in [3.8, 4) is 0 Å². The molecule has 0 spiro atoms. The molecule has 0 aliphatic carbocycles. The van der Waals surface area contributed by atoms with Crippen molar-refractivity contribution in [1.82, 2.24) is 5.32 Å². The van der Waals surface area contributed by atoms with Gasteiger partial charge in [0, 0.05) is 15.6 Å². The van der Waals surface area contributed by atoms with Crippen molar-refractivity contribution in [2.75, 3.05) is 13.6 Å². The van der Waals surface area contributed by atoms with Crippen LogP contribution in [-0.4, -0.2) is 19.5 Å². The van der Waals surface area contributed by atoms with Gasteiger partial charge in [0.05, 0.1) is 13.1 Å². The van der Waals surface area contributed by atoms with Gasteiger partial charge in [0.15, 0.2) is 6.54 Å². The van der Waals surface area contributed by atoms with E-state index in [1.54, 1.807) is 36.4 Å². The Bertz CT molecular complexity index is 724. The molecular weight excluding hydrogens is 350 g/mol. The van der Waals surface area contributed by atoms with Crippen LogP contribution in [0.25, 0.3) is 0 Å². The smallest absolute Gasteiger partial charge is 0.275 e. The topological polar surface area (TPSA) is 33.5 Å². The largest absolute Gasteiger partial charge is 0.345 e. The van der Waals surface area contributed by atoms with Gasteiger partial charge >= 0.3 is 0 Å². The Morgan fingerprint density at radius 1 is 1.25 bits per heavy atom. The zero-order valence-electron chi connectivity index (χ0n) is 13.6. The van der Waals surface area contributed by atoms with Crippen molar-refractivity contribution in [1.29, 1.82) is 0 Å². The second-order valence-electron chi connectivity index (χ2n) is 5.86. The van der Waals surface area contributed by atoms with E-state index in [1.807, 2.05) is 14.0 Å². The van der Waals surface area contributed by atoms with Gasteiger partial charge in [0.2, 0.25) is 0 Å².